The average molecular weight is 319 g/mol. The fourth-order valence-corrected chi connectivity index (χ4v) is 2.43. The van der Waals surface area contributed by atoms with Crippen molar-refractivity contribution in [1.82, 2.24) is 0 Å². The van der Waals surface area contributed by atoms with Crippen molar-refractivity contribution in [3.63, 3.8) is 0 Å². The molecule has 0 spiro atoms. The summed E-state index contributed by atoms with van der Waals surface area (Å²) in [6.45, 7) is 14.9. The monoisotopic (exact) mass is 319 g/mol. The molecule has 3 heteroatoms. The van der Waals surface area contributed by atoms with Gasteiger partial charge in [0.2, 0.25) is 0 Å². The van der Waals surface area contributed by atoms with Gasteiger partial charge in [0.25, 0.3) is 0 Å². The molecule has 0 amide bonds. The first kappa shape index (κ1) is 19.5. The van der Waals surface area contributed by atoms with E-state index < -0.39 is 12.1 Å². The van der Waals surface area contributed by atoms with Gasteiger partial charge >= 0.3 is 5.97 Å². The second-order valence-electron chi connectivity index (χ2n) is 7.52. The molecule has 0 saturated carbocycles. The Kier molecular flexibility index (Phi) is 6.26. The third-order valence-electron chi connectivity index (χ3n) is 5.16. The van der Waals surface area contributed by atoms with Crippen LogP contribution in [0.2, 0.25) is 0 Å². The smallest absolute Gasteiger partial charge is 0.395 e. The number of ether oxygens (including phenoxy) is 1. The van der Waals surface area contributed by atoms with Crippen LogP contribution in [0.3, 0.4) is 0 Å². The fraction of sp³-hybridized carbons (Fsp3) is 0.650. The van der Waals surface area contributed by atoms with Gasteiger partial charge < -0.3 is 4.74 Å². The maximum Gasteiger partial charge on any atom is 0.395 e. The van der Waals surface area contributed by atoms with Crippen LogP contribution in [0.5, 0.6) is 5.75 Å². The predicted molar refractivity (Wildman–Crippen MR) is 93.5 cm³/mol. The van der Waals surface area contributed by atoms with Gasteiger partial charge in [-0.3, -0.25) is 0 Å². The first-order valence-electron chi connectivity index (χ1n) is 8.61. The van der Waals surface area contributed by atoms with Crippen molar-refractivity contribution in [2.24, 2.45) is 0 Å². The van der Waals surface area contributed by atoms with Crippen molar-refractivity contribution in [3.05, 3.63) is 29.3 Å². The van der Waals surface area contributed by atoms with Gasteiger partial charge in [-0.05, 0) is 41.7 Å². The number of hydrogen-bond donors (Lipinski definition) is 0. The Balaban J connectivity index is 3.38. The molecule has 0 aliphatic rings. The molecule has 1 aromatic rings. The van der Waals surface area contributed by atoms with Crippen LogP contribution in [0.1, 0.15) is 78.9 Å². The largest absolute Gasteiger partial charge is 0.478 e. The van der Waals surface area contributed by atoms with Crippen LogP contribution in [-0.4, -0.2) is 12.1 Å². The van der Waals surface area contributed by atoms with Crippen molar-refractivity contribution in [3.8, 4) is 5.75 Å². The average Bonchev–Trinajstić information content (AvgIpc) is 2.51. The molecule has 3 nitrogen and oxygen atoms in total. The number of hydrogen-bond acceptors (Lipinski definition) is 2. The molecule has 1 atom stereocenters. The molecule has 0 aliphatic carbocycles. The van der Waals surface area contributed by atoms with Crippen LogP contribution in [0, 0.1) is 0 Å². The van der Waals surface area contributed by atoms with E-state index in [1.807, 2.05) is 6.07 Å². The predicted octanol–water partition coefficient (Wildman–Crippen LogP) is 5.18. The minimum Gasteiger partial charge on any atom is -0.478 e. The second-order valence-corrected chi connectivity index (χ2v) is 7.52. The fourth-order valence-electron chi connectivity index (χ4n) is 2.43. The molecule has 1 rings (SSSR count). The van der Waals surface area contributed by atoms with Gasteiger partial charge in [0.15, 0.2) is 6.10 Å². The summed E-state index contributed by atoms with van der Waals surface area (Å²) >= 11 is 0. The summed E-state index contributed by atoms with van der Waals surface area (Å²) in [5.74, 6) is -0.505. The second kappa shape index (κ2) is 7.37. The van der Waals surface area contributed by atoms with E-state index in [4.69, 9.17) is 4.74 Å². The summed E-state index contributed by atoms with van der Waals surface area (Å²) in [6.07, 6.45) is 1.46. The summed E-state index contributed by atoms with van der Waals surface area (Å²) < 4.78 is 5.78. The van der Waals surface area contributed by atoms with Crippen LogP contribution < -0.4 is 4.74 Å². The van der Waals surface area contributed by atoms with Gasteiger partial charge in [-0.2, -0.15) is 0 Å². The molecule has 0 fully saturated rings. The molecule has 1 radical (unpaired) electrons. The normalized spacial score (nSPS) is 13.7. The van der Waals surface area contributed by atoms with Gasteiger partial charge in [0.05, 0.1) is 0 Å². The molecular weight excluding hydrogens is 288 g/mol. The van der Waals surface area contributed by atoms with E-state index >= 15 is 0 Å². The summed E-state index contributed by atoms with van der Waals surface area (Å²) in [5.41, 5.74) is 2.32. The van der Waals surface area contributed by atoms with Crippen molar-refractivity contribution in [2.75, 3.05) is 0 Å². The lowest BCUT2D eigenvalue weighted by atomic mass is 9.76. The Bertz CT molecular complexity index is 544. The maximum atomic E-state index is 11.2. The van der Waals surface area contributed by atoms with Gasteiger partial charge in [-0.1, -0.05) is 60.6 Å². The van der Waals surface area contributed by atoms with E-state index in [-0.39, 0.29) is 10.8 Å². The lowest BCUT2D eigenvalue weighted by Gasteiger charge is -2.31. The van der Waals surface area contributed by atoms with Gasteiger partial charge in [-0.15, -0.1) is 0 Å². The first-order valence-corrected chi connectivity index (χ1v) is 8.61. The SMILES string of the molecule is CCC(Oc1ccc(C(C)(C)CC)cc1C(C)(C)CC)C([O])=O. The van der Waals surface area contributed by atoms with Crippen LogP contribution in [0.25, 0.3) is 0 Å². The van der Waals surface area contributed by atoms with Crippen molar-refractivity contribution in [2.45, 2.75) is 84.7 Å². The number of carbonyl (C=O) groups excluding carboxylic acids is 1. The highest BCUT2D eigenvalue weighted by atomic mass is 16.5. The third-order valence-corrected chi connectivity index (χ3v) is 5.16. The molecular formula is C20H31O3. The van der Waals surface area contributed by atoms with Crippen molar-refractivity contribution in [1.29, 1.82) is 0 Å². The summed E-state index contributed by atoms with van der Waals surface area (Å²) in [7, 11) is 0. The topological polar surface area (TPSA) is 46.2 Å². The molecule has 1 aromatic carbocycles. The summed E-state index contributed by atoms with van der Waals surface area (Å²) in [4.78, 5) is 11.2. The Morgan fingerprint density at radius 2 is 1.61 bits per heavy atom. The van der Waals surface area contributed by atoms with E-state index in [1.165, 1.54) is 5.56 Å². The van der Waals surface area contributed by atoms with E-state index in [2.05, 4.69) is 53.7 Å². The van der Waals surface area contributed by atoms with Crippen LogP contribution >= 0.6 is 0 Å². The van der Waals surface area contributed by atoms with E-state index in [0.29, 0.717) is 12.2 Å². The highest BCUT2D eigenvalue weighted by Gasteiger charge is 2.28. The van der Waals surface area contributed by atoms with E-state index in [1.54, 1.807) is 6.92 Å². The third kappa shape index (κ3) is 4.49. The number of rotatable bonds is 8. The zero-order valence-electron chi connectivity index (χ0n) is 15.7. The minimum atomic E-state index is -1.16. The highest BCUT2D eigenvalue weighted by Crippen LogP contribution is 2.38. The number of carbonyl (C=O) groups is 1. The lowest BCUT2D eigenvalue weighted by molar-refractivity contribution is -0.151. The molecule has 0 N–H and O–H groups in total. The van der Waals surface area contributed by atoms with Crippen molar-refractivity contribution >= 4 is 5.97 Å². The van der Waals surface area contributed by atoms with E-state index in [0.717, 1.165) is 18.4 Å². The number of benzene rings is 1. The molecule has 23 heavy (non-hydrogen) atoms. The molecule has 0 heterocycles. The Hall–Kier alpha value is -1.51. The zero-order valence-corrected chi connectivity index (χ0v) is 15.7. The van der Waals surface area contributed by atoms with Gasteiger partial charge in [-0.25, -0.2) is 9.90 Å². The summed E-state index contributed by atoms with van der Waals surface area (Å²) in [6, 6.07) is 6.16. The van der Waals surface area contributed by atoms with Gasteiger partial charge in [0.1, 0.15) is 5.75 Å². The Morgan fingerprint density at radius 1 is 1.04 bits per heavy atom. The molecule has 0 aliphatic heterocycles. The lowest BCUT2D eigenvalue weighted by Crippen LogP contribution is -2.28. The maximum absolute atomic E-state index is 11.2. The highest BCUT2D eigenvalue weighted by molar-refractivity contribution is 5.72. The van der Waals surface area contributed by atoms with Crippen LogP contribution in [0.15, 0.2) is 18.2 Å². The van der Waals surface area contributed by atoms with E-state index in [9.17, 15) is 9.90 Å². The Labute approximate surface area is 141 Å². The van der Waals surface area contributed by atoms with Crippen LogP contribution in [-0.2, 0) is 20.7 Å². The van der Waals surface area contributed by atoms with Crippen molar-refractivity contribution < 1.29 is 14.6 Å². The van der Waals surface area contributed by atoms with Gasteiger partial charge in [0, 0.05) is 5.56 Å². The zero-order chi connectivity index (χ0) is 17.8. The minimum absolute atomic E-state index is 0.0790. The molecule has 1 unspecified atom stereocenters. The molecule has 0 aromatic heterocycles. The quantitative estimate of drug-likeness (QED) is 0.663. The van der Waals surface area contributed by atoms with Crippen LogP contribution in [0.4, 0.5) is 0 Å². The Morgan fingerprint density at radius 3 is 2.04 bits per heavy atom. The molecule has 129 valence electrons. The standard InChI is InChI=1S/C20H31O3/c1-8-16(18(21)22)23-17-12-11-14(19(4,5)9-2)13-15(17)20(6,7)10-3/h11-13,16H,8-10H2,1-7H3. The molecule has 0 bridgehead atoms. The molecule has 0 saturated heterocycles. The summed E-state index contributed by atoms with van der Waals surface area (Å²) in [5, 5.41) is 11.2. The first-order chi connectivity index (χ1) is 10.6.